The van der Waals surface area contributed by atoms with Crippen LogP contribution >= 0.6 is 11.3 Å². The van der Waals surface area contributed by atoms with Crippen LogP contribution in [0.4, 0.5) is 0 Å². The Balaban J connectivity index is 1.71. The Hall–Kier alpha value is -3.06. The van der Waals surface area contributed by atoms with Gasteiger partial charge in [-0.05, 0) is 43.7 Å². The summed E-state index contributed by atoms with van der Waals surface area (Å²) in [6, 6.07) is 14.8. The predicted molar refractivity (Wildman–Crippen MR) is 122 cm³/mol. The minimum Gasteiger partial charge on any atom is -0.497 e. The van der Waals surface area contributed by atoms with Gasteiger partial charge in [0.2, 0.25) is 0 Å². The molecule has 0 radical (unpaired) electrons. The van der Waals surface area contributed by atoms with Gasteiger partial charge in [0, 0.05) is 17.0 Å². The number of aromatic nitrogens is 1. The molecule has 0 aliphatic rings. The summed E-state index contributed by atoms with van der Waals surface area (Å²) in [6.45, 7) is 4.91. The number of carbonyl (C=O) groups is 1. The van der Waals surface area contributed by atoms with Crippen LogP contribution in [-0.4, -0.2) is 36.1 Å². The third kappa shape index (κ3) is 5.76. The van der Waals surface area contributed by atoms with E-state index in [9.17, 15) is 4.79 Å². The molecule has 6 nitrogen and oxygen atoms in total. The van der Waals surface area contributed by atoms with Gasteiger partial charge in [-0.25, -0.2) is 4.98 Å². The predicted octanol–water partition coefficient (Wildman–Crippen LogP) is 5.18. The van der Waals surface area contributed by atoms with E-state index in [0.29, 0.717) is 36.0 Å². The number of amides is 1. The fourth-order valence-corrected chi connectivity index (χ4v) is 3.81. The molecule has 1 unspecified atom stereocenters. The molecule has 0 aliphatic heterocycles. The van der Waals surface area contributed by atoms with Crippen molar-refractivity contribution in [2.75, 3.05) is 14.2 Å². The van der Waals surface area contributed by atoms with Crippen molar-refractivity contribution >= 4 is 17.2 Å². The SMILES string of the molecule is CCC(C)N(Cc1csc(COc2ccccc2OC)n1)C(=O)c1cccc(OC)c1. The number of ether oxygens (including phenoxy) is 3. The molecule has 0 aliphatic carbocycles. The van der Waals surface area contributed by atoms with Gasteiger partial charge in [0.1, 0.15) is 17.4 Å². The standard InChI is InChI=1S/C24H28N2O4S/c1-5-17(2)26(24(27)18-9-8-10-20(13-18)28-3)14-19-16-31-23(25-19)15-30-22-12-7-6-11-21(22)29-4/h6-13,16-17H,5,14-15H2,1-4H3. The van der Waals surface area contributed by atoms with Crippen molar-refractivity contribution in [3.05, 3.63) is 70.2 Å². The molecule has 3 rings (SSSR count). The first-order chi connectivity index (χ1) is 15.0. The summed E-state index contributed by atoms with van der Waals surface area (Å²) in [7, 11) is 3.21. The first-order valence-corrected chi connectivity index (χ1v) is 11.1. The van der Waals surface area contributed by atoms with Crippen molar-refractivity contribution in [3.8, 4) is 17.2 Å². The third-order valence-corrected chi connectivity index (χ3v) is 5.92. The topological polar surface area (TPSA) is 60.9 Å². The van der Waals surface area contributed by atoms with Gasteiger partial charge >= 0.3 is 0 Å². The monoisotopic (exact) mass is 440 g/mol. The van der Waals surface area contributed by atoms with E-state index in [2.05, 4.69) is 18.8 Å². The first kappa shape index (κ1) is 22.6. The lowest BCUT2D eigenvalue weighted by atomic mass is 10.1. The van der Waals surface area contributed by atoms with Gasteiger partial charge in [-0.3, -0.25) is 4.79 Å². The zero-order valence-electron chi connectivity index (χ0n) is 18.3. The summed E-state index contributed by atoms with van der Waals surface area (Å²) in [5, 5.41) is 2.83. The quantitative estimate of drug-likeness (QED) is 0.435. The lowest BCUT2D eigenvalue weighted by molar-refractivity contribution is 0.0668. The van der Waals surface area contributed by atoms with Crippen molar-refractivity contribution in [3.63, 3.8) is 0 Å². The minimum atomic E-state index is -0.0342. The van der Waals surface area contributed by atoms with Crippen LogP contribution in [0.15, 0.2) is 53.9 Å². The van der Waals surface area contributed by atoms with Crippen molar-refractivity contribution in [1.29, 1.82) is 0 Å². The molecule has 0 saturated heterocycles. The van der Waals surface area contributed by atoms with Gasteiger partial charge in [0.25, 0.3) is 5.91 Å². The number of benzene rings is 2. The summed E-state index contributed by atoms with van der Waals surface area (Å²) in [5.74, 6) is 2.00. The molecule has 2 aromatic carbocycles. The molecule has 0 N–H and O–H groups in total. The Kier molecular flexibility index (Phi) is 7.89. The molecule has 31 heavy (non-hydrogen) atoms. The van der Waals surface area contributed by atoms with Crippen molar-refractivity contribution in [1.82, 2.24) is 9.88 Å². The molecule has 164 valence electrons. The van der Waals surface area contributed by atoms with Gasteiger partial charge in [-0.1, -0.05) is 25.1 Å². The highest BCUT2D eigenvalue weighted by Gasteiger charge is 2.22. The highest BCUT2D eigenvalue weighted by Crippen LogP contribution is 2.27. The van der Waals surface area contributed by atoms with E-state index in [1.807, 2.05) is 52.7 Å². The average Bonchev–Trinajstić information content (AvgIpc) is 3.27. The van der Waals surface area contributed by atoms with Crippen LogP contribution in [-0.2, 0) is 13.2 Å². The maximum absolute atomic E-state index is 13.2. The molecule has 0 spiro atoms. The number of rotatable bonds is 10. The number of nitrogens with zero attached hydrogens (tertiary/aromatic N) is 2. The fraction of sp³-hybridized carbons (Fsp3) is 0.333. The van der Waals surface area contributed by atoms with Crippen LogP contribution in [0, 0.1) is 0 Å². The van der Waals surface area contributed by atoms with E-state index < -0.39 is 0 Å². The number of hydrogen-bond acceptors (Lipinski definition) is 6. The van der Waals surface area contributed by atoms with Crippen LogP contribution in [0.25, 0.3) is 0 Å². The van der Waals surface area contributed by atoms with Crippen LogP contribution < -0.4 is 14.2 Å². The molecule has 1 heterocycles. The highest BCUT2D eigenvalue weighted by molar-refractivity contribution is 7.09. The third-order valence-electron chi connectivity index (χ3n) is 5.05. The molecular weight excluding hydrogens is 412 g/mol. The van der Waals surface area contributed by atoms with Gasteiger partial charge in [0.15, 0.2) is 11.5 Å². The Morgan fingerprint density at radius 1 is 1.10 bits per heavy atom. The van der Waals surface area contributed by atoms with Gasteiger partial charge in [-0.2, -0.15) is 0 Å². The highest BCUT2D eigenvalue weighted by atomic mass is 32.1. The molecule has 1 aromatic heterocycles. The fourth-order valence-electron chi connectivity index (χ4n) is 3.11. The van der Waals surface area contributed by atoms with E-state index in [0.717, 1.165) is 17.1 Å². The van der Waals surface area contributed by atoms with E-state index in [4.69, 9.17) is 14.2 Å². The van der Waals surface area contributed by atoms with Crippen LogP contribution in [0.3, 0.4) is 0 Å². The zero-order valence-corrected chi connectivity index (χ0v) is 19.1. The summed E-state index contributed by atoms with van der Waals surface area (Å²) in [6.07, 6.45) is 0.851. The minimum absolute atomic E-state index is 0.0342. The number of thiazole rings is 1. The van der Waals surface area contributed by atoms with Crippen LogP contribution in [0.5, 0.6) is 17.2 Å². The maximum Gasteiger partial charge on any atom is 0.254 e. The maximum atomic E-state index is 13.2. The second-order valence-corrected chi connectivity index (χ2v) is 8.04. The number of para-hydroxylation sites is 2. The van der Waals surface area contributed by atoms with E-state index in [-0.39, 0.29) is 11.9 Å². The molecule has 0 bridgehead atoms. The van der Waals surface area contributed by atoms with Crippen LogP contribution in [0.2, 0.25) is 0 Å². The lowest BCUT2D eigenvalue weighted by Crippen LogP contribution is -2.37. The second kappa shape index (κ2) is 10.8. The second-order valence-electron chi connectivity index (χ2n) is 7.09. The lowest BCUT2D eigenvalue weighted by Gasteiger charge is -2.28. The van der Waals surface area contributed by atoms with Gasteiger partial charge < -0.3 is 19.1 Å². The van der Waals surface area contributed by atoms with Crippen molar-refractivity contribution in [2.24, 2.45) is 0 Å². The molecule has 3 aromatic rings. The molecule has 7 heteroatoms. The number of hydrogen-bond donors (Lipinski definition) is 0. The molecular formula is C24H28N2O4S. The number of methoxy groups -OCH3 is 2. The Labute approximate surface area is 187 Å². The van der Waals surface area contributed by atoms with Crippen LogP contribution in [0.1, 0.15) is 41.3 Å². The average molecular weight is 441 g/mol. The molecule has 1 atom stereocenters. The van der Waals surface area contributed by atoms with Crippen molar-refractivity contribution < 1.29 is 19.0 Å². The van der Waals surface area contributed by atoms with Gasteiger partial charge in [0.05, 0.1) is 26.5 Å². The largest absolute Gasteiger partial charge is 0.497 e. The normalized spacial score (nSPS) is 11.6. The smallest absolute Gasteiger partial charge is 0.254 e. The van der Waals surface area contributed by atoms with Crippen molar-refractivity contribution in [2.45, 2.75) is 39.5 Å². The van der Waals surface area contributed by atoms with E-state index >= 15 is 0 Å². The Morgan fingerprint density at radius 2 is 1.87 bits per heavy atom. The number of carbonyl (C=O) groups excluding carboxylic acids is 1. The molecule has 0 fully saturated rings. The summed E-state index contributed by atoms with van der Waals surface area (Å²) in [4.78, 5) is 19.8. The van der Waals surface area contributed by atoms with E-state index in [1.165, 1.54) is 11.3 Å². The zero-order chi connectivity index (χ0) is 22.2. The summed E-state index contributed by atoms with van der Waals surface area (Å²) >= 11 is 1.52. The molecule has 0 saturated carbocycles. The first-order valence-electron chi connectivity index (χ1n) is 10.2. The van der Waals surface area contributed by atoms with E-state index in [1.54, 1.807) is 20.3 Å². The Morgan fingerprint density at radius 3 is 2.58 bits per heavy atom. The Bertz CT molecular complexity index is 1000. The molecule has 1 amide bonds. The summed E-state index contributed by atoms with van der Waals surface area (Å²) in [5.41, 5.74) is 1.45. The van der Waals surface area contributed by atoms with Gasteiger partial charge in [-0.15, -0.1) is 11.3 Å². The summed E-state index contributed by atoms with van der Waals surface area (Å²) < 4.78 is 16.5.